The molecule has 16 heavy (non-hydrogen) atoms. The summed E-state index contributed by atoms with van der Waals surface area (Å²) < 4.78 is 24.7. The number of pyridine rings is 1. The van der Waals surface area contributed by atoms with E-state index in [1.165, 1.54) is 0 Å². The molecule has 1 aromatic heterocycles. The summed E-state index contributed by atoms with van der Waals surface area (Å²) in [6, 6.07) is 0. The monoisotopic (exact) mass is 234 g/mol. The number of nitrogens with one attached hydrogen (secondary N) is 1. The van der Waals surface area contributed by atoms with Crippen LogP contribution in [0.5, 0.6) is 0 Å². The number of carbonyl (C=O) groups is 1. The minimum absolute atomic E-state index is 0.509. The van der Waals surface area contributed by atoms with Crippen molar-refractivity contribution >= 4 is 11.8 Å². The van der Waals surface area contributed by atoms with Crippen LogP contribution >= 0.6 is 0 Å². The van der Waals surface area contributed by atoms with Crippen molar-refractivity contribution in [3.8, 4) is 0 Å². The number of nitrogens with zero attached hydrogens (tertiary/aromatic N) is 1. The Morgan fingerprint density at radius 1 is 1.56 bits per heavy atom. The van der Waals surface area contributed by atoms with Gasteiger partial charge in [0.2, 0.25) is 5.43 Å². The van der Waals surface area contributed by atoms with Crippen molar-refractivity contribution in [2.24, 2.45) is 0 Å². The van der Waals surface area contributed by atoms with E-state index in [-0.39, 0.29) is 0 Å². The molecule has 0 spiro atoms. The lowest BCUT2D eigenvalue weighted by molar-refractivity contribution is -0.391. The number of hydrogen-bond acceptors (Lipinski definition) is 4. The molecule has 2 N–H and O–H groups in total. The Morgan fingerprint density at radius 3 is 2.50 bits per heavy atom. The summed E-state index contributed by atoms with van der Waals surface area (Å²) in [5, 5.41) is 18.8. The third kappa shape index (κ3) is 1.87. The van der Waals surface area contributed by atoms with Crippen molar-refractivity contribution in [3.05, 3.63) is 37.7 Å². The zero-order valence-corrected chi connectivity index (χ0v) is 7.44. The molecule has 9 heteroatoms. The van der Waals surface area contributed by atoms with Crippen LogP contribution in [0, 0.1) is 10.1 Å². The van der Waals surface area contributed by atoms with Crippen LogP contribution in [0.4, 0.5) is 14.6 Å². The molecule has 0 fully saturated rings. The van der Waals surface area contributed by atoms with E-state index < -0.39 is 39.7 Å². The maximum Gasteiger partial charge on any atom is 0.343 e. The molecule has 0 saturated carbocycles. The normalized spacial score (nSPS) is 10.4. The standard InChI is InChI=1S/C7H4F2N2O5/c8-5(9)3-4(12)2(7(13)14)1-10-6(3)11(15)16/h1,5H,(H,10,12)(H,13,14). The van der Waals surface area contributed by atoms with Gasteiger partial charge in [0.05, 0.1) is 0 Å². The molecule has 1 rings (SSSR count). The van der Waals surface area contributed by atoms with Crippen LogP contribution in [-0.4, -0.2) is 21.0 Å². The number of H-pyrrole nitrogens is 1. The molecule has 0 unspecified atom stereocenters. The molecule has 7 nitrogen and oxygen atoms in total. The number of aromatic amines is 1. The highest BCUT2D eigenvalue weighted by atomic mass is 19.3. The van der Waals surface area contributed by atoms with Gasteiger partial charge in [0.1, 0.15) is 11.8 Å². The van der Waals surface area contributed by atoms with Gasteiger partial charge < -0.3 is 15.2 Å². The molecule has 86 valence electrons. The molecule has 0 aliphatic heterocycles. The highest BCUT2D eigenvalue weighted by Crippen LogP contribution is 2.23. The Labute approximate surface area is 85.5 Å². The van der Waals surface area contributed by atoms with Crippen LogP contribution in [0.15, 0.2) is 11.0 Å². The maximum absolute atomic E-state index is 12.4. The lowest BCUT2D eigenvalue weighted by Crippen LogP contribution is -2.21. The van der Waals surface area contributed by atoms with Crippen molar-refractivity contribution in [2.45, 2.75) is 6.43 Å². The molecule has 0 aliphatic rings. The number of aromatic carboxylic acids is 1. The van der Waals surface area contributed by atoms with Crippen LogP contribution in [0.3, 0.4) is 0 Å². The van der Waals surface area contributed by atoms with Crippen LogP contribution in [0.1, 0.15) is 22.3 Å². The quantitative estimate of drug-likeness (QED) is 0.596. The minimum Gasteiger partial charge on any atom is -0.477 e. The molecule has 0 atom stereocenters. The zero-order valence-electron chi connectivity index (χ0n) is 7.44. The number of hydrogen-bond donors (Lipinski definition) is 2. The average Bonchev–Trinajstić information content (AvgIpc) is 2.15. The summed E-state index contributed by atoms with van der Waals surface area (Å²) in [5.74, 6) is -2.94. The van der Waals surface area contributed by atoms with Gasteiger partial charge in [0, 0.05) is 0 Å². The summed E-state index contributed by atoms with van der Waals surface area (Å²) in [5.41, 5.74) is -3.99. The van der Waals surface area contributed by atoms with E-state index in [4.69, 9.17) is 5.11 Å². The second kappa shape index (κ2) is 4.04. The van der Waals surface area contributed by atoms with E-state index >= 15 is 0 Å². The van der Waals surface area contributed by atoms with Gasteiger partial charge in [0.25, 0.3) is 6.43 Å². The first-order chi connectivity index (χ1) is 7.36. The molecule has 0 bridgehead atoms. The average molecular weight is 234 g/mol. The lowest BCUT2D eigenvalue weighted by atomic mass is 10.2. The molecule has 1 heterocycles. The fourth-order valence-electron chi connectivity index (χ4n) is 1.05. The summed E-state index contributed by atoms with van der Waals surface area (Å²) in [6.45, 7) is 0. The van der Waals surface area contributed by atoms with Crippen molar-refractivity contribution in [1.82, 2.24) is 4.98 Å². The summed E-state index contributed by atoms with van der Waals surface area (Å²) in [4.78, 5) is 32.5. The van der Waals surface area contributed by atoms with E-state index in [0.29, 0.717) is 6.20 Å². The maximum atomic E-state index is 12.4. The Kier molecular flexibility index (Phi) is 2.97. The Balaban J connectivity index is 3.61. The Bertz CT molecular complexity index is 510. The third-order valence-electron chi connectivity index (χ3n) is 1.73. The van der Waals surface area contributed by atoms with Crippen molar-refractivity contribution in [2.75, 3.05) is 0 Å². The highest BCUT2D eigenvalue weighted by Gasteiger charge is 2.28. The predicted octanol–water partition coefficient (Wildman–Crippen LogP) is 0.919. The first-order valence-corrected chi connectivity index (χ1v) is 3.77. The Morgan fingerprint density at radius 2 is 2.12 bits per heavy atom. The highest BCUT2D eigenvalue weighted by molar-refractivity contribution is 5.87. The van der Waals surface area contributed by atoms with Crippen LogP contribution < -0.4 is 5.43 Å². The molecular formula is C7H4F2N2O5. The number of carboxylic acid groups (broad SMARTS) is 1. The molecule has 0 radical (unpaired) electrons. The third-order valence-corrected chi connectivity index (χ3v) is 1.73. The van der Waals surface area contributed by atoms with E-state index in [1.807, 2.05) is 0 Å². The summed E-state index contributed by atoms with van der Waals surface area (Å²) >= 11 is 0. The molecular weight excluding hydrogens is 230 g/mol. The van der Waals surface area contributed by atoms with Gasteiger partial charge in [-0.1, -0.05) is 0 Å². The second-order valence-electron chi connectivity index (χ2n) is 2.66. The van der Waals surface area contributed by atoms with Gasteiger partial charge in [0.15, 0.2) is 5.56 Å². The largest absolute Gasteiger partial charge is 0.477 e. The van der Waals surface area contributed by atoms with Gasteiger partial charge >= 0.3 is 11.8 Å². The van der Waals surface area contributed by atoms with Crippen LogP contribution in [0.2, 0.25) is 0 Å². The van der Waals surface area contributed by atoms with Crippen LogP contribution in [0.25, 0.3) is 0 Å². The van der Waals surface area contributed by atoms with Gasteiger partial charge in [-0.05, 0) is 4.92 Å². The van der Waals surface area contributed by atoms with Crippen molar-refractivity contribution in [3.63, 3.8) is 0 Å². The van der Waals surface area contributed by atoms with Crippen molar-refractivity contribution < 1.29 is 23.6 Å². The summed E-state index contributed by atoms with van der Waals surface area (Å²) in [7, 11) is 0. The van der Waals surface area contributed by atoms with Gasteiger partial charge in [-0.2, -0.15) is 0 Å². The Hall–Kier alpha value is -2.32. The van der Waals surface area contributed by atoms with E-state index in [0.717, 1.165) is 0 Å². The van der Waals surface area contributed by atoms with E-state index in [2.05, 4.69) is 0 Å². The first-order valence-electron chi connectivity index (χ1n) is 3.77. The molecule has 0 saturated heterocycles. The fourth-order valence-corrected chi connectivity index (χ4v) is 1.05. The first kappa shape index (κ1) is 11.8. The number of aromatic nitrogens is 1. The smallest absolute Gasteiger partial charge is 0.343 e. The SMILES string of the molecule is O=C(O)c1c[nH]c([N+](=O)[O-])c(C(F)F)c1=O. The lowest BCUT2D eigenvalue weighted by Gasteiger charge is -2.02. The second-order valence-corrected chi connectivity index (χ2v) is 2.66. The van der Waals surface area contributed by atoms with E-state index in [9.17, 15) is 28.5 Å². The number of halogens is 2. The fraction of sp³-hybridized carbons (Fsp3) is 0.143. The summed E-state index contributed by atoms with van der Waals surface area (Å²) in [6.07, 6.45) is -2.92. The number of alkyl halides is 2. The topological polar surface area (TPSA) is 113 Å². The number of nitro groups is 1. The van der Waals surface area contributed by atoms with Gasteiger partial charge in [-0.3, -0.25) is 4.79 Å². The predicted molar refractivity (Wildman–Crippen MR) is 45.6 cm³/mol. The van der Waals surface area contributed by atoms with Crippen LogP contribution in [-0.2, 0) is 0 Å². The molecule has 0 aliphatic carbocycles. The van der Waals surface area contributed by atoms with Gasteiger partial charge in [-0.15, -0.1) is 0 Å². The number of rotatable bonds is 3. The van der Waals surface area contributed by atoms with Gasteiger partial charge in [-0.25, -0.2) is 18.6 Å². The zero-order chi connectivity index (χ0) is 12.5. The van der Waals surface area contributed by atoms with Crippen molar-refractivity contribution in [1.29, 1.82) is 0 Å². The molecule has 0 amide bonds. The molecule has 0 aromatic carbocycles. The minimum atomic E-state index is -3.43. The number of carboxylic acids is 1. The molecule has 1 aromatic rings. The van der Waals surface area contributed by atoms with E-state index in [1.54, 1.807) is 4.98 Å².